The van der Waals surface area contributed by atoms with Crippen LogP contribution in [-0.2, 0) is 6.54 Å². The molecule has 0 atom stereocenters. The van der Waals surface area contributed by atoms with Crippen molar-refractivity contribution in [1.29, 1.82) is 0 Å². The number of likely N-dealkylation sites (tertiary alicyclic amines) is 1. The van der Waals surface area contributed by atoms with E-state index in [4.69, 9.17) is 5.73 Å². The molecule has 0 unspecified atom stereocenters. The molecule has 0 radical (unpaired) electrons. The Bertz CT molecular complexity index is 453. The molecule has 1 aliphatic heterocycles. The predicted molar refractivity (Wildman–Crippen MR) is 94.8 cm³/mol. The zero-order chi connectivity index (χ0) is 13.8. The zero-order valence-electron chi connectivity index (χ0n) is 11.5. The van der Waals surface area contributed by atoms with Gasteiger partial charge in [-0.1, -0.05) is 22.9 Å². The fraction of sp³-hybridized carbons (Fsp3) is 0.500. The molecule has 1 aromatic carbocycles. The Morgan fingerprint density at radius 2 is 2.05 bits per heavy atom. The molecule has 1 aliphatic rings. The molecule has 0 aliphatic carbocycles. The maximum Gasteiger partial charge on any atom is 0.191 e. The van der Waals surface area contributed by atoms with Crippen LogP contribution >= 0.6 is 39.9 Å². The lowest BCUT2D eigenvalue weighted by atomic mass is 10.00. The van der Waals surface area contributed by atoms with E-state index in [2.05, 4.69) is 32.7 Å². The van der Waals surface area contributed by atoms with Gasteiger partial charge in [0.1, 0.15) is 5.82 Å². The van der Waals surface area contributed by atoms with Crippen LogP contribution in [0.4, 0.5) is 4.39 Å². The van der Waals surface area contributed by atoms with Crippen molar-refractivity contribution in [3.63, 3.8) is 0 Å². The Hall–Kier alpha value is -0.370. The first-order chi connectivity index (χ1) is 9.04. The van der Waals surface area contributed by atoms with E-state index in [1.165, 1.54) is 12.1 Å². The quantitative estimate of drug-likeness (QED) is 0.419. The number of nitrogens with two attached hydrogens (primary N) is 1. The van der Waals surface area contributed by atoms with Crippen LogP contribution in [0.5, 0.6) is 0 Å². The fourth-order valence-electron chi connectivity index (χ4n) is 2.21. The second kappa shape index (κ2) is 8.17. The monoisotopic (exact) mass is 455 g/mol. The van der Waals surface area contributed by atoms with Crippen LogP contribution in [0.25, 0.3) is 0 Å². The third kappa shape index (κ3) is 5.20. The standard InChI is InChI=1S/C14H19BrFN3.HI/c1-10-2-4-19(5-3-10)14(17)18-9-11-6-12(15)8-13(16)7-11;/h6-8,10H,2-5,9H2,1H3,(H2,17,18);1H. The van der Waals surface area contributed by atoms with Crippen LogP contribution in [0, 0.1) is 11.7 Å². The van der Waals surface area contributed by atoms with Gasteiger partial charge >= 0.3 is 0 Å². The lowest BCUT2D eigenvalue weighted by Gasteiger charge is -2.31. The maximum absolute atomic E-state index is 13.2. The van der Waals surface area contributed by atoms with Gasteiger partial charge in [0.15, 0.2) is 5.96 Å². The summed E-state index contributed by atoms with van der Waals surface area (Å²) in [6, 6.07) is 4.78. The number of guanidine groups is 1. The molecule has 3 nitrogen and oxygen atoms in total. The molecule has 0 spiro atoms. The number of piperidine rings is 1. The molecule has 0 amide bonds. The lowest BCUT2D eigenvalue weighted by molar-refractivity contribution is 0.277. The van der Waals surface area contributed by atoms with Crippen molar-refractivity contribution in [2.75, 3.05) is 13.1 Å². The van der Waals surface area contributed by atoms with Crippen LogP contribution in [-0.4, -0.2) is 23.9 Å². The van der Waals surface area contributed by atoms with Crippen LogP contribution in [0.15, 0.2) is 27.7 Å². The van der Waals surface area contributed by atoms with Crippen molar-refractivity contribution in [2.24, 2.45) is 16.6 Å². The molecule has 1 heterocycles. The van der Waals surface area contributed by atoms with Crippen LogP contribution in [0.2, 0.25) is 0 Å². The molecule has 20 heavy (non-hydrogen) atoms. The summed E-state index contributed by atoms with van der Waals surface area (Å²) in [5.41, 5.74) is 6.81. The second-order valence-corrected chi connectivity index (χ2v) is 6.04. The number of hydrogen-bond acceptors (Lipinski definition) is 1. The molecular weight excluding hydrogens is 436 g/mol. The number of aliphatic imine (C=N–C) groups is 1. The first kappa shape index (κ1) is 17.7. The summed E-state index contributed by atoms with van der Waals surface area (Å²) in [7, 11) is 0. The topological polar surface area (TPSA) is 41.6 Å². The van der Waals surface area contributed by atoms with Gasteiger partial charge in [0.2, 0.25) is 0 Å². The van der Waals surface area contributed by atoms with E-state index in [0.717, 1.165) is 41.9 Å². The number of rotatable bonds is 2. The van der Waals surface area contributed by atoms with Crippen LogP contribution in [0.3, 0.4) is 0 Å². The average molecular weight is 456 g/mol. The summed E-state index contributed by atoms with van der Waals surface area (Å²) in [5.74, 6) is 1.07. The van der Waals surface area contributed by atoms with E-state index < -0.39 is 0 Å². The fourth-order valence-corrected chi connectivity index (χ4v) is 2.72. The van der Waals surface area contributed by atoms with Gasteiger partial charge in [-0.2, -0.15) is 0 Å². The smallest absolute Gasteiger partial charge is 0.191 e. The minimum atomic E-state index is -0.259. The number of halogens is 3. The van der Waals surface area contributed by atoms with Crippen molar-refractivity contribution in [1.82, 2.24) is 4.90 Å². The first-order valence-corrected chi connectivity index (χ1v) is 7.33. The Kier molecular flexibility index (Phi) is 7.22. The Labute approximate surface area is 145 Å². The van der Waals surface area contributed by atoms with Crippen molar-refractivity contribution >= 4 is 45.9 Å². The minimum Gasteiger partial charge on any atom is -0.370 e. The highest BCUT2D eigenvalue weighted by Crippen LogP contribution is 2.17. The molecule has 1 aromatic rings. The van der Waals surface area contributed by atoms with E-state index in [0.29, 0.717) is 12.5 Å². The predicted octanol–water partition coefficient (Wildman–Crippen LogP) is 3.75. The molecule has 1 saturated heterocycles. The van der Waals surface area contributed by atoms with E-state index in [1.807, 2.05) is 6.07 Å². The van der Waals surface area contributed by atoms with E-state index >= 15 is 0 Å². The van der Waals surface area contributed by atoms with E-state index in [1.54, 1.807) is 0 Å². The average Bonchev–Trinajstić information content (AvgIpc) is 2.36. The maximum atomic E-state index is 13.2. The van der Waals surface area contributed by atoms with Gasteiger partial charge in [-0.25, -0.2) is 9.38 Å². The summed E-state index contributed by atoms with van der Waals surface area (Å²) in [4.78, 5) is 6.46. The first-order valence-electron chi connectivity index (χ1n) is 6.54. The molecule has 0 aromatic heterocycles. The van der Waals surface area contributed by atoms with Crippen molar-refractivity contribution < 1.29 is 4.39 Å². The van der Waals surface area contributed by atoms with Crippen molar-refractivity contribution in [3.8, 4) is 0 Å². The summed E-state index contributed by atoms with van der Waals surface area (Å²) in [5, 5.41) is 0. The molecule has 1 fully saturated rings. The van der Waals surface area contributed by atoms with Gasteiger partial charge in [-0.3, -0.25) is 0 Å². The lowest BCUT2D eigenvalue weighted by Crippen LogP contribution is -2.42. The van der Waals surface area contributed by atoms with E-state index in [9.17, 15) is 4.39 Å². The molecular formula is C14H20BrFIN3. The summed E-state index contributed by atoms with van der Waals surface area (Å²) >= 11 is 3.27. The molecule has 2 N–H and O–H groups in total. The van der Waals surface area contributed by atoms with E-state index in [-0.39, 0.29) is 29.8 Å². The third-order valence-corrected chi connectivity index (χ3v) is 3.91. The SMILES string of the molecule is CC1CCN(C(N)=NCc2cc(F)cc(Br)c2)CC1.I. The van der Waals surface area contributed by atoms with Gasteiger partial charge in [-0.15, -0.1) is 24.0 Å². The van der Waals surface area contributed by atoms with Crippen molar-refractivity contribution in [2.45, 2.75) is 26.3 Å². The highest BCUT2D eigenvalue weighted by Gasteiger charge is 2.16. The van der Waals surface area contributed by atoms with Gasteiger partial charge in [-0.05, 0) is 42.5 Å². The molecule has 0 bridgehead atoms. The van der Waals surface area contributed by atoms with Crippen molar-refractivity contribution in [3.05, 3.63) is 34.1 Å². The third-order valence-electron chi connectivity index (χ3n) is 3.45. The second-order valence-electron chi connectivity index (χ2n) is 5.12. The van der Waals surface area contributed by atoms with Gasteiger partial charge in [0.25, 0.3) is 0 Å². The van der Waals surface area contributed by atoms with Gasteiger partial charge in [0.05, 0.1) is 6.54 Å². The van der Waals surface area contributed by atoms with Crippen LogP contribution in [0.1, 0.15) is 25.3 Å². The summed E-state index contributed by atoms with van der Waals surface area (Å²) in [6.45, 7) is 4.59. The zero-order valence-corrected chi connectivity index (χ0v) is 15.4. The molecule has 6 heteroatoms. The number of nitrogens with zero attached hydrogens (tertiary/aromatic N) is 2. The molecule has 2 rings (SSSR count). The van der Waals surface area contributed by atoms with Crippen LogP contribution < -0.4 is 5.73 Å². The largest absolute Gasteiger partial charge is 0.370 e. The number of hydrogen-bond donors (Lipinski definition) is 1. The molecule has 112 valence electrons. The summed E-state index contributed by atoms with van der Waals surface area (Å²) < 4.78 is 14.0. The minimum absolute atomic E-state index is 0. The van der Waals surface area contributed by atoms with Gasteiger partial charge < -0.3 is 10.6 Å². The summed E-state index contributed by atoms with van der Waals surface area (Å²) in [6.07, 6.45) is 2.31. The molecule has 0 saturated carbocycles. The van der Waals surface area contributed by atoms with Gasteiger partial charge in [0, 0.05) is 17.6 Å². The number of benzene rings is 1. The highest BCUT2D eigenvalue weighted by molar-refractivity contribution is 14.0. The Morgan fingerprint density at radius 1 is 1.40 bits per heavy atom. The Balaban J connectivity index is 0.00000200. The normalized spacial score (nSPS) is 16.9. The Morgan fingerprint density at radius 3 is 2.65 bits per heavy atom. The highest BCUT2D eigenvalue weighted by atomic mass is 127.